The van der Waals surface area contributed by atoms with Crippen LogP contribution in [0, 0.1) is 0 Å². The number of benzene rings is 1. The van der Waals surface area contributed by atoms with E-state index in [1.807, 2.05) is 30.3 Å². The highest BCUT2D eigenvalue weighted by Crippen LogP contribution is 2.10. The number of aliphatic hydroxyl groups excluding tert-OH is 1. The predicted molar refractivity (Wildman–Crippen MR) is 54.6 cm³/mol. The number of carbonyl (C=O) groups excluding carboxylic acids is 1. The molecular formula is C11H13NO2. The minimum Gasteiger partial charge on any atom is -0.394 e. The third kappa shape index (κ3) is 2.71. The highest BCUT2D eigenvalue weighted by Gasteiger charge is 2.10. The molecule has 3 heteroatoms. The molecule has 0 aliphatic rings. The third-order valence-corrected chi connectivity index (χ3v) is 1.89. The Kier molecular flexibility index (Phi) is 3.88. The fourth-order valence-corrected chi connectivity index (χ4v) is 1.15. The lowest BCUT2D eigenvalue weighted by atomic mass is 10.1. The molecule has 0 saturated carbocycles. The molecule has 1 aromatic carbocycles. The van der Waals surface area contributed by atoms with Gasteiger partial charge in [-0.15, -0.1) is 0 Å². The Morgan fingerprint density at radius 3 is 2.64 bits per heavy atom. The average Bonchev–Trinajstić information content (AvgIpc) is 2.26. The van der Waals surface area contributed by atoms with Crippen molar-refractivity contribution in [2.24, 2.45) is 0 Å². The fourth-order valence-electron chi connectivity index (χ4n) is 1.15. The maximum absolute atomic E-state index is 11.0. The summed E-state index contributed by atoms with van der Waals surface area (Å²) in [5, 5.41) is 11.7. The van der Waals surface area contributed by atoms with Crippen LogP contribution in [0.25, 0.3) is 0 Å². The number of carbonyl (C=O) groups is 1. The van der Waals surface area contributed by atoms with Crippen LogP contribution >= 0.6 is 0 Å². The van der Waals surface area contributed by atoms with E-state index in [9.17, 15) is 4.79 Å². The van der Waals surface area contributed by atoms with Gasteiger partial charge in [-0.25, -0.2) is 0 Å². The summed E-state index contributed by atoms with van der Waals surface area (Å²) in [6.45, 7) is 3.23. The van der Waals surface area contributed by atoms with Crippen LogP contribution in [-0.4, -0.2) is 17.6 Å². The normalized spacial score (nSPS) is 11.8. The second-order valence-corrected chi connectivity index (χ2v) is 2.86. The van der Waals surface area contributed by atoms with E-state index in [2.05, 4.69) is 11.9 Å². The minimum absolute atomic E-state index is 0.121. The number of aliphatic hydroxyl groups is 1. The quantitative estimate of drug-likeness (QED) is 0.698. The van der Waals surface area contributed by atoms with E-state index in [-0.39, 0.29) is 18.6 Å². The smallest absolute Gasteiger partial charge is 0.243 e. The zero-order valence-corrected chi connectivity index (χ0v) is 7.81. The topological polar surface area (TPSA) is 49.3 Å². The van der Waals surface area contributed by atoms with Crippen molar-refractivity contribution in [1.82, 2.24) is 5.32 Å². The minimum atomic E-state index is -0.360. The predicted octanol–water partition coefficient (Wildman–Crippen LogP) is 1.02. The number of hydrogen-bond acceptors (Lipinski definition) is 2. The molecule has 0 saturated heterocycles. The van der Waals surface area contributed by atoms with Gasteiger partial charge >= 0.3 is 0 Å². The summed E-state index contributed by atoms with van der Waals surface area (Å²) < 4.78 is 0. The average molecular weight is 191 g/mol. The zero-order chi connectivity index (χ0) is 10.4. The molecule has 0 radical (unpaired) electrons. The number of rotatable bonds is 4. The van der Waals surface area contributed by atoms with E-state index in [1.165, 1.54) is 6.08 Å². The van der Waals surface area contributed by atoms with Crippen molar-refractivity contribution in [3.8, 4) is 0 Å². The van der Waals surface area contributed by atoms with E-state index in [0.717, 1.165) is 5.56 Å². The Morgan fingerprint density at radius 1 is 1.50 bits per heavy atom. The Hall–Kier alpha value is -1.61. The zero-order valence-electron chi connectivity index (χ0n) is 7.81. The Labute approximate surface area is 83.1 Å². The van der Waals surface area contributed by atoms with Gasteiger partial charge in [0.2, 0.25) is 5.91 Å². The standard InChI is InChI=1S/C11H13NO2/c1-2-11(14)12-10(8-13)9-6-4-3-5-7-9/h2-7,10,13H,1,8H2,(H,12,14)/t10-/m0/s1. The van der Waals surface area contributed by atoms with Crippen molar-refractivity contribution in [1.29, 1.82) is 0 Å². The maximum Gasteiger partial charge on any atom is 0.243 e. The molecule has 0 fully saturated rings. The van der Waals surface area contributed by atoms with Gasteiger partial charge in [0.1, 0.15) is 0 Å². The van der Waals surface area contributed by atoms with Crippen molar-refractivity contribution < 1.29 is 9.90 Å². The Morgan fingerprint density at radius 2 is 2.14 bits per heavy atom. The summed E-state index contributed by atoms with van der Waals surface area (Å²) in [5.74, 6) is -0.284. The molecule has 14 heavy (non-hydrogen) atoms. The molecular weight excluding hydrogens is 178 g/mol. The Balaban J connectivity index is 2.72. The molecule has 1 aromatic rings. The van der Waals surface area contributed by atoms with E-state index in [1.54, 1.807) is 0 Å². The molecule has 0 aliphatic carbocycles. The highest BCUT2D eigenvalue weighted by atomic mass is 16.3. The van der Waals surface area contributed by atoms with E-state index in [0.29, 0.717) is 0 Å². The lowest BCUT2D eigenvalue weighted by Gasteiger charge is -2.15. The third-order valence-electron chi connectivity index (χ3n) is 1.89. The summed E-state index contributed by atoms with van der Waals surface area (Å²) >= 11 is 0. The number of hydrogen-bond donors (Lipinski definition) is 2. The van der Waals surface area contributed by atoms with Crippen LogP contribution in [0.15, 0.2) is 43.0 Å². The Bertz CT molecular complexity index is 308. The number of nitrogens with one attached hydrogen (secondary N) is 1. The van der Waals surface area contributed by atoms with Gasteiger partial charge in [0.15, 0.2) is 0 Å². The first-order chi connectivity index (χ1) is 6.77. The van der Waals surface area contributed by atoms with Gasteiger partial charge in [-0.2, -0.15) is 0 Å². The summed E-state index contributed by atoms with van der Waals surface area (Å²) in [7, 11) is 0. The molecule has 0 aromatic heterocycles. The molecule has 0 aliphatic heterocycles. The molecule has 0 heterocycles. The van der Waals surface area contributed by atoms with Gasteiger partial charge in [-0.05, 0) is 11.6 Å². The van der Waals surface area contributed by atoms with Crippen LogP contribution in [0.2, 0.25) is 0 Å². The second-order valence-electron chi connectivity index (χ2n) is 2.86. The summed E-state index contributed by atoms with van der Waals surface area (Å²) in [6.07, 6.45) is 1.19. The van der Waals surface area contributed by atoms with Crippen LogP contribution in [0.5, 0.6) is 0 Å². The monoisotopic (exact) mass is 191 g/mol. The van der Waals surface area contributed by atoms with Crippen LogP contribution in [0.1, 0.15) is 11.6 Å². The molecule has 0 unspecified atom stereocenters. The summed E-state index contributed by atoms with van der Waals surface area (Å²) in [6, 6.07) is 8.94. The van der Waals surface area contributed by atoms with Crippen LogP contribution in [0.4, 0.5) is 0 Å². The maximum atomic E-state index is 11.0. The second kappa shape index (κ2) is 5.19. The van der Waals surface area contributed by atoms with Crippen molar-refractivity contribution >= 4 is 5.91 Å². The van der Waals surface area contributed by atoms with Crippen molar-refractivity contribution in [3.63, 3.8) is 0 Å². The number of amides is 1. The molecule has 2 N–H and O–H groups in total. The van der Waals surface area contributed by atoms with Gasteiger partial charge in [-0.3, -0.25) is 4.79 Å². The van der Waals surface area contributed by atoms with E-state index < -0.39 is 0 Å². The SMILES string of the molecule is C=CC(=O)N[C@@H](CO)c1ccccc1. The molecule has 0 bridgehead atoms. The van der Waals surface area contributed by atoms with Crippen molar-refractivity contribution in [2.75, 3.05) is 6.61 Å². The highest BCUT2D eigenvalue weighted by molar-refractivity contribution is 5.87. The first-order valence-electron chi connectivity index (χ1n) is 4.36. The first-order valence-corrected chi connectivity index (χ1v) is 4.36. The molecule has 74 valence electrons. The largest absolute Gasteiger partial charge is 0.394 e. The summed E-state index contributed by atoms with van der Waals surface area (Å²) in [5.41, 5.74) is 0.880. The van der Waals surface area contributed by atoms with E-state index >= 15 is 0 Å². The lowest BCUT2D eigenvalue weighted by molar-refractivity contribution is -0.117. The molecule has 1 rings (SSSR count). The van der Waals surface area contributed by atoms with Gasteiger partial charge in [0.25, 0.3) is 0 Å². The summed E-state index contributed by atoms with van der Waals surface area (Å²) in [4.78, 5) is 11.0. The van der Waals surface area contributed by atoms with Crippen LogP contribution in [-0.2, 0) is 4.79 Å². The molecule has 0 spiro atoms. The van der Waals surface area contributed by atoms with Gasteiger partial charge < -0.3 is 10.4 Å². The first kappa shape index (κ1) is 10.5. The van der Waals surface area contributed by atoms with Gasteiger partial charge in [0.05, 0.1) is 12.6 Å². The van der Waals surface area contributed by atoms with Crippen molar-refractivity contribution in [2.45, 2.75) is 6.04 Å². The van der Waals surface area contributed by atoms with Crippen molar-refractivity contribution in [3.05, 3.63) is 48.6 Å². The fraction of sp³-hybridized carbons (Fsp3) is 0.182. The van der Waals surface area contributed by atoms with Gasteiger partial charge in [0, 0.05) is 0 Å². The molecule has 3 nitrogen and oxygen atoms in total. The molecule has 1 atom stereocenters. The lowest BCUT2D eigenvalue weighted by Crippen LogP contribution is -2.29. The van der Waals surface area contributed by atoms with Crippen LogP contribution < -0.4 is 5.32 Å². The van der Waals surface area contributed by atoms with Crippen LogP contribution in [0.3, 0.4) is 0 Å². The van der Waals surface area contributed by atoms with E-state index in [4.69, 9.17) is 5.11 Å². The molecule has 1 amide bonds. The van der Waals surface area contributed by atoms with Gasteiger partial charge in [-0.1, -0.05) is 36.9 Å².